The zero-order valence-electron chi connectivity index (χ0n) is 17.6. The summed E-state index contributed by atoms with van der Waals surface area (Å²) in [5, 5.41) is 12.0. The van der Waals surface area contributed by atoms with Crippen LogP contribution in [0.15, 0.2) is 12.1 Å². The zero-order chi connectivity index (χ0) is 21.3. The van der Waals surface area contributed by atoms with Crippen LogP contribution in [0.25, 0.3) is 0 Å². The third-order valence-corrected chi connectivity index (χ3v) is 5.20. The highest BCUT2D eigenvalue weighted by Gasteiger charge is 2.52. The van der Waals surface area contributed by atoms with E-state index in [1.807, 2.05) is 41.5 Å². The van der Waals surface area contributed by atoms with Gasteiger partial charge in [-0.15, -0.1) is 0 Å². The van der Waals surface area contributed by atoms with E-state index in [0.29, 0.717) is 5.46 Å². The molecule has 1 aliphatic heterocycles. The molecule has 28 heavy (non-hydrogen) atoms. The van der Waals surface area contributed by atoms with Crippen LogP contribution in [-0.2, 0) is 14.0 Å². The summed E-state index contributed by atoms with van der Waals surface area (Å²) in [6, 6.07) is 3.10. The van der Waals surface area contributed by atoms with Crippen molar-refractivity contribution < 1.29 is 28.7 Å². The van der Waals surface area contributed by atoms with Crippen LogP contribution in [0.4, 0.5) is 0 Å². The van der Waals surface area contributed by atoms with E-state index in [1.165, 1.54) is 13.2 Å². The monoisotopic (exact) mass is 392 g/mol. The van der Waals surface area contributed by atoms with E-state index < -0.39 is 35.6 Å². The molecular formula is C19H29BN2O6. The molecule has 1 fully saturated rings. The summed E-state index contributed by atoms with van der Waals surface area (Å²) in [6.07, 6.45) is 0. The number of hydrogen-bond acceptors (Lipinski definition) is 7. The fourth-order valence-corrected chi connectivity index (χ4v) is 2.48. The summed E-state index contributed by atoms with van der Waals surface area (Å²) in [5.41, 5.74) is -1.21. The van der Waals surface area contributed by atoms with Gasteiger partial charge in [0.25, 0.3) is 5.91 Å². The first kappa shape index (κ1) is 22.3. The molecule has 1 saturated heterocycles. The molecule has 0 bridgehead atoms. The standard InChI is InChI=1S/C19H29BN2O6/c1-17(2,11-23)10-21-15(24)13-9-8-12(14(22-13)16(25)26-7)20-27-18(3,4)19(5,6)28-20/h8-9,23H,10-11H2,1-7H3,(H,21,24). The van der Waals surface area contributed by atoms with Crippen LogP contribution in [0, 0.1) is 5.41 Å². The fourth-order valence-electron chi connectivity index (χ4n) is 2.48. The summed E-state index contributed by atoms with van der Waals surface area (Å²) in [6.45, 7) is 11.5. The van der Waals surface area contributed by atoms with Crippen molar-refractivity contribution in [2.75, 3.05) is 20.3 Å². The molecular weight excluding hydrogens is 363 g/mol. The lowest BCUT2D eigenvalue weighted by atomic mass is 9.77. The number of aliphatic hydroxyl groups excluding tert-OH is 1. The third-order valence-electron chi connectivity index (χ3n) is 5.20. The lowest BCUT2D eigenvalue weighted by molar-refractivity contribution is 0.00578. The van der Waals surface area contributed by atoms with Gasteiger partial charge in [0.2, 0.25) is 0 Å². The average molecular weight is 392 g/mol. The van der Waals surface area contributed by atoms with E-state index >= 15 is 0 Å². The van der Waals surface area contributed by atoms with Crippen molar-refractivity contribution in [2.45, 2.75) is 52.7 Å². The van der Waals surface area contributed by atoms with Crippen molar-refractivity contribution >= 4 is 24.5 Å². The molecule has 1 aromatic heterocycles. The fraction of sp³-hybridized carbons (Fsp3) is 0.632. The number of carbonyl (C=O) groups is 2. The molecule has 0 aliphatic carbocycles. The minimum atomic E-state index is -0.808. The lowest BCUT2D eigenvalue weighted by Crippen LogP contribution is -2.41. The summed E-state index contributed by atoms with van der Waals surface area (Å²) >= 11 is 0. The number of nitrogens with one attached hydrogen (secondary N) is 1. The van der Waals surface area contributed by atoms with Crippen LogP contribution in [-0.4, -0.2) is 60.5 Å². The first-order valence-corrected chi connectivity index (χ1v) is 9.17. The highest BCUT2D eigenvalue weighted by molar-refractivity contribution is 6.63. The number of methoxy groups -OCH3 is 1. The zero-order valence-corrected chi connectivity index (χ0v) is 17.6. The second-order valence-corrected chi connectivity index (χ2v) is 8.72. The normalized spacial score (nSPS) is 18.1. The quantitative estimate of drug-likeness (QED) is 0.548. The molecule has 9 heteroatoms. The van der Waals surface area contributed by atoms with Crippen LogP contribution in [0.3, 0.4) is 0 Å². The maximum absolute atomic E-state index is 12.4. The van der Waals surface area contributed by atoms with Crippen LogP contribution < -0.4 is 10.8 Å². The summed E-state index contributed by atoms with van der Waals surface area (Å²) in [5.74, 6) is -1.14. The topological polar surface area (TPSA) is 107 Å². The Hall–Kier alpha value is -1.97. The van der Waals surface area contributed by atoms with E-state index in [1.54, 1.807) is 6.07 Å². The van der Waals surface area contributed by atoms with Gasteiger partial charge < -0.3 is 24.5 Å². The molecule has 0 atom stereocenters. The van der Waals surface area contributed by atoms with E-state index in [-0.39, 0.29) is 24.5 Å². The Kier molecular flexibility index (Phi) is 6.23. The van der Waals surface area contributed by atoms with Crippen molar-refractivity contribution in [3.05, 3.63) is 23.5 Å². The maximum Gasteiger partial charge on any atom is 0.497 e. The Morgan fingerprint density at radius 2 is 1.79 bits per heavy atom. The second kappa shape index (κ2) is 7.81. The molecule has 1 amide bonds. The molecule has 2 heterocycles. The van der Waals surface area contributed by atoms with Gasteiger partial charge in [-0.25, -0.2) is 9.78 Å². The second-order valence-electron chi connectivity index (χ2n) is 8.72. The van der Waals surface area contributed by atoms with Gasteiger partial charge in [0.05, 0.1) is 18.3 Å². The molecule has 8 nitrogen and oxygen atoms in total. The number of rotatable bonds is 6. The van der Waals surface area contributed by atoms with E-state index in [0.717, 1.165) is 0 Å². The van der Waals surface area contributed by atoms with E-state index in [4.69, 9.17) is 14.0 Å². The number of aromatic nitrogens is 1. The number of pyridine rings is 1. The molecule has 0 spiro atoms. The molecule has 0 radical (unpaired) electrons. The highest BCUT2D eigenvalue weighted by atomic mass is 16.7. The molecule has 2 rings (SSSR count). The van der Waals surface area contributed by atoms with Crippen LogP contribution in [0.2, 0.25) is 0 Å². The Labute approximate surface area is 166 Å². The molecule has 2 N–H and O–H groups in total. The first-order chi connectivity index (χ1) is 12.8. The molecule has 1 aromatic rings. The van der Waals surface area contributed by atoms with Crippen molar-refractivity contribution in [1.29, 1.82) is 0 Å². The largest absolute Gasteiger partial charge is 0.497 e. The predicted molar refractivity (Wildman–Crippen MR) is 104 cm³/mol. The van der Waals surface area contributed by atoms with Gasteiger partial charge in [-0.3, -0.25) is 4.79 Å². The summed E-state index contributed by atoms with van der Waals surface area (Å²) in [4.78, 5) is 28.9. The molecule has 154 valence electrons. The predicted octanol–water partition coefficient (Wildman–Crippen LogP) is 0.916. The number of hydrogen-bond donors (Lipinski definition) is 2. The number of esters is 1. The summed E-state index contributed by atoms with van der Waals surface area (Å²) < 4.78 is 16.8. The summed E-state index contributed by atoms with van der Waals surface area (Å²) in [7, 11) is 0.436. The number of aliphatic hydroxyl groups is 1. The van der Waals surface area contributed by atoms with E-state index in [9.17, 15) is 14.7 Å². The molecule has 0 aromatic carbocycles. The Morgan fingerprint density at radius 1 is 1.21 bits per heavy atom. The first-order valence-electron chi connectivity index (χ1n) is 9.17. The van der Waals surface area contributed by atoms with Gasteiger partial charge in [-0.05, 0) is 33.8 Å². The minimum absolute atomic E-state index is 0.0323. The minimum Gasteiger partial charge on any atom is -0.464 e. The van der Waals surface area contributed by atoms with Crippen LogP contribution in [0.5, 0.6) is 0 Å². The lowest BCUT2D eigenvalue weighted by Gasteiger charge is -2.32. The number of ether oxygens (including phenoxy) is 1. The van der Waals surface area contributed by atoms with Crippen molar-refractivity contribution in [3.63, 3.8) is 0 Å². The van der Waals surface area contributed by atoms with Gasteiger partial charge in [-0.2, -0.15) is 0 Å². The molecule has 1 aliphatic rings. The van der Waals surface area contributed by atoms with Gasteiger partial charge in [0.15, 0.2) is 0 Å². The third kappa shape index (κ3) is 4.53. The van der Waals surface area contributed by atoms with Crippen LogP contribution >= 0.6 is 0 Å². The average Bonchev–Trinajstić information content (AvgIpc) is 2.85. The van der Waals surface area contributed by atoms with Crippen molar-refractivity contribution in [3.8, 4) is 0 Å². The molecule has 0 saturated carbocycles. The Morgan fingerprint density at radius 3 is 2.29 bits per heavy atom. The Bertz CT molecular complexity index is 747. The van der Waals surface area contributed by atoms with E-state index in [2.05, 4.69) is 10.3 Å². The molecule has 0 unspecified atom stereocenters. The van der Waals surface area contributed by atoms with Gasteiger partial charge in [-0.1, -0.05) is 19.9 Å². The smallest absolute Gasteiger partial charge is 0.464 e. The number of carbonyl (C=O) groups excluding carboxylic acids is 2. The SMILES string of the molecule is COC(=O)c1nc(C(=O)NCC(C)(C)CO)ccc1B1OC(C)(C)C(C)(C)O1. The van der Waals surface area contributed by atoms with Gasteiger partial charge in [0.1, 0.15) is 11.4 Å². The highest BCUT2D eigenvalue weighted by Crippen LogP contribution is 2.36. The van der Waals surface area contributed by atoms with Crippen molar-refractivity contribution in [2.24, 2.45) is 5.41 Å². The van der Waals surface area contributed by atoms with Crippen molar-refractivity contribution in [1.82, 2.24) is 10.3 Å². The van der Waals surface area contributed by atoms with Gasteiger partial charge >= 0.3 is 13.1 Å². The number of nitrogens with zero attached hydrogens (tertiary/aromatic N) is 1. The van der Waals surface area contributed by atoms with Gasteiger partial charge in [0, 0.05) is 24.0 Å². The Balaban J connectivity index is 2.32. The van der Waals surface area contributed by atoms with Crippen LogP contribution in [0.1, 0.15) is 62.5 Å². The number of amides is 1. The maximum atomic E-state index is 12.4.